The van der Waals surface area contributed by atoms with Crippen LogP contribution in [0.15, 0.2) is 97.1 Å². The summed E-state index contributed by atoms with van der Waals surface area (Å²) in [6.45, 7) is 4.13. The smallest absolute Gasteiger partial charge is 0.454 e. The molecule has 0 N–H and O–H groups in total. The zero-order chi connectivity index (χ0) is 33.7. The summed E-state index contributed by atoms with van der Waals surface area (Å²) in [5, 5.41) is 0.609. The van der Waals surface area contributed by atoms with Gasteiger partial charge in [0, 0.05) is 42.3 Å². The number of alkyl halides is 4. The molecule has 250 valence electrons. The first kappa shape index (κ1) is 33.4. The number of unbranched alkanes of at least 4 members (excludes halogenated alkanes) is 1. The van der Waals surface area contributed by atoms with E-state index >= 15 is 0 Å². The van der Waals surface area contributed by atoms with Crippen LogP contribution in [0.2, 0.25) is 5.02 Å². The topological polar surface area (TPSA) is 48.8 Å². The van der Waals surface area contributed by atoms with Gasteiger partial charge in [0.2, 0.25) is 6.79 Å². The molecule has 0 bridgehead atoms. The molecule has 0 saturated carbocycles. The summed E-state index contributed by atoms with van der Waals surface area (Å²) in [5.41, 5.74) is 5.17. The predicted octanol–water partition coefficient (Wildman–Crippen LogP) is 9.84. The highest BCUT2D eigenvalue weighted by Crippen LogP contribution is 2.35. The molecule has 6 nitrogen and oxygen atoms in total. The summed E-state index contributed by atoms with van der Waals surface area (Å²) in [6, 6.07) is 29.2. The summed E-state index contributed by atoms with van der Waals surface area (Å²) < 4.78 is 71.3. The third kappa shape index (κ3) is 7.77. The van der Waals surface area contributed by atoms with Crippen molar-refractivity contribution in [2.45, 2.75) is 58.5 Å². The van der Waals surface area contributed by atoms with E-state index in [2.05, 4.69) is 21.1 Å². The number of hydrogen-bond donors (Lipinski definition) is 0. The number of nitrogens with zero attached hydrogens (tertiary/aromatic N) is 3. The second kappa shape index (κ2) is 14.7. The van der Waals surface area contributed by atoms with Crippen molar-refractivity contribution >= 4 is 11.6 Å². The highest BCUT2D eigenvalue weighted by atomic mass is 35.5. The summed E-state index contributed by atoms with van der Waals surface area (Å²) in [4.78, 5) is 7.35. The quantitative estimate of drug-likeness (QED) is 0.109. The first-order chi connectivity index (χ1) is 23.2. The fraction of sp³-hybridized carbons (Fsp3) is 0.270. The number of fused-ring (bicyclic) bond motifs is 1. The largest absolute Gasteiger partial charge is 0.461 e. The van der Waals surface area contributed by atoms with E-state index in [1.54, 1.807) is 6.07 Å². The number of hydrogen-bond acceptors (Lipinski definition) is 5. The Balaban J connectivity index is 1.42. The molecule has 1 aromatic heterocycles. The molecule has 1 aliphatic heterocycles. The molecular formula is C37H34ClF4N3O3. The van der Waals surface area contributed by atoms with Gasteiger partial charge in [-0.1, -0.05) is 85.6 Å². The molecular weight excluding hydrogens is 646 g/mol. The minimum atomic E-state index is -4.61. The molecule has 2 heterocycles. The normalized spacial score (nSPS) is 12.7. The van der Waals surface area contributed by atoms with Gasteiger partial charge in [0.1, 0.15) is 11.6 Å². The number of rotatable bonds is 14. The number of imidazole rings is 1. The third-order valence-electron chi connectivity index (χ3n) is 7.99. The van der Waals surface area contributed by atoms with E-state index in [1.807, 2.05) is 72.8 Å². The van der Waals surface area contributed by atoms with Crippen LogP contribution < -0.4 is 14.2 Å². The molecule has 0 atom stereocenters. The molecule has 0 saturated heterocycles. The van der Waals surface area contributed by atoms with E-state index in [1.165, 1.54) is 18.2 Å². The second-order valence-electron chi connectivity index (χ2n) is 11.6. The molecule has 0 unspecified atom stereocenters. The van der Waals surface area contributed by atoms with Gasteiger partial charge in [-0.15, -0.1) is 0 Å². The van der Waals surface area contributed by atoms with Crippen molar-refractivity contribution < 1.29 is 31.8 Å². The fourth-order valence-electron chi connectivity index (χ4n) is 5.69. The lowest BCUT2D eigenvalue weighted by Gasteiger charge is -2.25. The van der Waals surface area contributed by atoms with Gasteiger partial charge in [-0.2, -0.15) is 17.6 Å². The molecule has 4 aromatic carbocycles. The lowest BCUT2D eigenvalue weighted by atomic mass is 10.1. The summed E-state index contributed by atoms with van der Waals surface area (Å²) >= 11 is 6.26. The summed E-state index contributed by atoms with van der Waals surface area (Å²) in [7, 11) is 0. The molecule has 48 heavy (non-hydrogen) atoms. The second-order valence-corrected chi connectivity index (χ2v) is 12.0. The van der Waals surface area contributed by atoms with Crippen LogP contribution in [0.5, 0.6) is 17.2 Å². The SMILES string of the molecule is CCCCn1c(-c2ccccc2)nc(-c2ccc(Cl)cc2)c1CN(Cc1cccc(OC(F)(F)C(F)F)c1)Cc1ccc2c(c1)OCO2. The van der Waals surface area contributed by atoms with Crippen molar-refractivity contribution in [2.24, 2.45) is 0 Å². The molecule has 0 radical (unpaired) electrons. The summed E-state index contributed by atoms with van der Waals surface area (Å²) in [5.74, 6) is 1.78. The van der Waals surface area contributed by atoms with E-state index in [0.29, 0.717) is 35.2 Å². The average molecular weight is 680 g/mol. The zero-order valence-electron chi connectivity index (χ0n) is 26.2. The molecule has 0 aliphatic carbocycles. The van der Waals surface area contributed by atoms with Gasteiger partial charge >= 0.3 is 12.5 Å². The highest BCUT2D eigenvalue weighted by molar-refractivity contribution is 6.30. The van der Waals surface area contributed by atoms with Gasteiger partial charge in [0.25, 0.3) is 0 Å². The zero-order valence-corrected chi connectivity index (χ0v) is 27.0. The van der Waals surface area contributed by atoms with Crippen molar-refractivity contribution in [1.29, 1.82) is 0 Å². The Morgan fingerprint density at radius 3 is 2.31 bits per heavy atom. The Morgan fingerprint density at radius 1 is 0.854 bits per heavy atom. The number of benzene rings is 4. The molecule has 0 fully saturated rings. The Labute approximate surface area is 281 Å². The van der Waals surface area contributed by atoms with Crippen molar-refractivity contribution in [1.82, 2.24) is 14.5 Å². The van der Waals surface area contributed by atoms with Crippen LogP contribution in [0, 0.1) is 0 Å². The molecule has 11 heteroatoms. The monoisotopic (exact) mass is 679 g/mol. The predicted molar refractivity (Wildman–Crippen MR) is 177 cm³/mol. The molecule has 0 spiro atoms. The van der Waals surface area contributed by atoms with Crippen LogP contribution >= 0.6 is 11.6 Å². The standard InChI is InChI=1S/C37H34ClF4N3O3/c1-2-3-18-45-31(34(27-13-15-29(38)16-14-27)43-35(45)28-9-5-4-6-10-28)23-44(22-26-12-17-32-33(20-26)47-24-46-32)21-25-8-7-11-30(19-25)48-37(41,42)36(39)40/h4-17,19-20,36H,2-3,18,21-24H2,1H3. The van der Waals surface area contributed by atoms with Gasteiger partial charge in [-0.3, -0.25) is 4.90 Å². The van der Waals surface area contributed by atoms with Crippen LogP contribution in [-0.2, 0) is 26.2 Å². The minimum Gasteiger partial charge on any atom is -0.454 e. The Bertz CT molecular complexity index is 1830. The van der Waals surface area contributed by atoms with Gasteiger partial charge in [-0.05, 0) is 53.9 Å². The number of halogens is 5. The van der Waals surface area contributed by atoms with E-state index in [0.717, 1.165) is 53.3 Å². The fourth-order valence-corrected chi connectivity index (χ4v) is 5.82. The van der Waals surface area contributed by atoms with E-state index in [4.69, 9.17) is 26.1 Å². The lowest BCUT2D eigenvalue weighted by Crippen LogP contribution is -2.33. The number of aromatic nitrogens is 2. The average Bonchev–Trinajstić information content (AvgIpc) is 3.69. The van der Waals surface area contributed by atoms with Crippen LogP contribution in [0.3, 0.4) is 0 Å². The molecule has 5 aromatic rings. The van der Waals surface area contributed by atoms with Gasteiger partial charge in [0.05, 0.1) is 11.4 Å². The van der Waals surface area contributed by atoms with Crippen molar-refractivity contribution in [3.8, 4) is 39.9 Å². The van der Waals surface area contributed by atoms with Gasteiger partial charge < -0.3 is 18.8 Å². The highest BCUT2D eigenvalue weighted by Gasteiger charge is 2.44. The minimum absolute atomic E-state index is 0.141. The van der Waals surface area contributed by atoms with Crippen LogP contribution in [0.1, 0.15) is 36.6 Å². The first-order valence-electron chi connectivity index (χ1n) is 15.7. The van der Waals surface area contributed by atoms with Crippen LogP contribution in [-0.4, -0.2) is 33.8 Å². The van der Waals surface area contributed by atoms with Crippen molar-refractivity contribution in [3.05, 3.63) is 119 Å². The lowest BCUT2D eigenvalue weighted by molar-refractivity contribution is -0.253. The van der Waals surface area contributed by atoms with Crippen LogP contribution in [0.4, 0.5) is 17.6 Å². The molecule has 6 rings (SSSR count). The number of ether oxygens (including phenoxy) is 3. The molecule has 0 amide bonds. The van der Waals surface area contributed by atoms with Crippen molar-refractivity contribution in [3.63, 3.8) is 0 Å². The van der Waals surface area contributed by atoms with E-state index in [-0.39, 0.29) is 19.1 Å². The van der Waals surface area contributed by atoms with Gasteiger partial charge in [-0.25, -0.2) is 4.98 Å². The van der Waals surface area contributed by atoms with E-state index in [9.17, 15) is 17.6 Å². The first-order valence-corrected chi connectivity index (χ1v) is 16.0. The third-order valence-corrected chi connectivity index (χ3v) is 8.24. The van der Waals surface area contributed by atoms with Gasteiger partial charge in [0.15, 0.2) is 11.5 Å². The van der Waals surface area contributed by atoms with Crippen molar-refractivity contribution in [2.75, 3.05) is 6.79 Å². The van der Waals surface area contributed by atoms with E-state index < -0.39 is 12.5 Å². The summed E-state index contributed by atoms with van der Waals surface area (Å²) in [6.07, 6.45) is -6.68. The van der Waals surface area contributed by atoms with Crippen LogP contribution in [0.25, 0.3) is 22.6 Å². The Morgan fingerprint density at radius 2 is 1.58 bits per heavy atom. The maximum atomic E-state index is 13.8. The molecule has 1 aliphatic rings. The Hall–Kier alpha value is -4.54. The Kier molecular flexibility index (Phi) is 10.2. The maximum absolute atomic E-state index is 13.8. The maximum Gasteiger partial charge on any atom is 0.461 e.